The Labute approximate surface area is 183 Å². The van der Waals surface area contributed by atoms with Gasteiger partial charge in [-0.25, -0.2) is 8.42 Å². The molecular weight excluding hydrogens is 448 g/mol. The van der Waals surface area contributed by atoms with Crippen LogP contribution in [0.5, 0.6) is 11.5 Å². The first-order chi connectivity index (χ1) is 15.2. The number of rotatable bonds is 8. The molecule has 32 heavy (non-hydrogen) atoms. The Morgan fingerprint density at radius 2 is 1.84 bits per heavy atom. The van der Waals surface area contributed by atoms with Crippen LogP contribution in [0.3, 0.4) is 0 Å². The van der Waals surface area contributed by atoms with Crippen LogP contribution in [-0.2, 0) is 14.8 Å². The number of nitrogens with one attached hydrogen (secondary N) is 2. The first-order valence-electron chi connectivity index (χ1n) is 9.51. The van der Waals surface area contributed by atoms with Crippen molar-refractivity contribution in [2.45, 2.75) is 13.0 Å². The second-order valence-electron chi connectivity index (χ2n) is 6.76. The highest BCUT2D eigenvalue weighted by atomic mass is 32.2. The highest BCUT2D eigenvalue weighted by Gasteiger charge is 2.28. The predicted octanol–water partition coefficient (Wildman–Crippen LogP) is 2.20. The average Bonchev–Trinajstić information content (AvgIpc) is 3.11. The van der Waals surface area contributed by atoms with Crippen molar-refractivity contribution in [2.75, 3.05) is 35.6 Å². The summed E-state index contributed by atoms with van der Waals surface area (Å²) < 4.78 is 59.3. The third-order valence-corrected chi connectivity index (χ3v) is 6.46. The summed E-state index contributed by atoms with van der Waals surface area (Å²) in [6.07, 6.45) is 0.564. The van der Waals surface area contributed by atoms with Crippen molar-refractivity contribution < 1.29 is 36.3 Å². The third kappa shape index (κ3) is 5.63. The van der Waals surface area contributed by atoms with Gasteiger partial charge in [-0.3, -0.25) is 13.9 Å². The summed E-state index contributed by atoms with van der Waals surface area (Å²) in [6, 6.07) is 9.96. The summed E-state index contributed by atoms with van der Waals surface area (Å²) in [5.41, 5.74) is 1.04. The maximum atomic E-state index is 12.4. The number of alkyl halides is 2. The minimum Gasteiger partial charge on any atom is -0.493 e. The van der Waals surface area contributed by atoms with Crippen molar-refractivity contribution in [3.8, 4) is 11.5 Å². The molecule has 9 nitrogen and oxygen atoms in total. The lowest BCUT2D eigenvalue weighted by atomic mass is 10.2. The number of benzene rings is 2. The third-order valence-electron chi connectivity index (χ3n) is 4.59. The zero-order valence-corrected chi connectivity index (χ0v) is 17.8. The van der Waals surface area contributed by atoms with E-state index in [9.17, 15) is 26.8 Å². The van der Waals surface area contributed by atoms with Gasteiger partial charge in [0.15, 0.2) is 11.5 Å². The summed E-state index contributed by atoms with van der Waals surface area (Å²) in [6.45, 7) is -2.97. The zero-order valence-electron chi connectivity index (χ0n) is 17.0. The fraction of sp³-hybridized carbons (Fsp3) is 0.300. The van der Waals surface area contributed by atoms with E-state index in [2.05, 4.69) is 15.4 Å². The van der Waals surface area contributed by atoms with Crippen molar-refractivity contribution in [1.29, 1.82) is 0 Å². The van der Waals surface area contributed by atoms with Crippen LogP contribution < -0.4 is 24.4 Å². The topological polar surface area (TPSA) is 114 Å². The van der Waals surface area contributed by atoms with E-state index in [-0.39, 0.29) is 29.4 Å². The molecule has 2 aromatic rings. The Balaban J connectivity index is 1.55. The fourth-order valence-electron chi connectivity index (χ4n) is 3.11. The van der Waals surface area contributed by atoms with Gasteiger partial charge in [-0.2, -0.15) is 8.78 Å². The number of hydrogen-bond acceptors (Lipinski definition) is 6. The van der Waals surface area contributed by atoms with Gasteiger partial charge in [0.05, 0.1) is 25.1 Å². The average molecular weight is 469 g/mol. The van der Waals surface area contributed by atoms with Gasteiger partial charge in [-0.15, -0.1) is 0 Å². The second-order valence-corrected chi connectivity index (χ2v) is 8.78. The molecule has 0 spiro atoms. The quantitative estimate of drug-likeness (QED) is 0.613. The molecule has 0 radical (unpaired) electrons. The van der Waals surface area contributed by atoms with Gasteiger partial charge in [0.2, 0.25) is 15.9 Å². The number of ether oxygens (including phenoxy) is 2. The molecule has 1 fully saturated rings. The second kappa shape index (κ2) is 9.81. The number of methoxy groups -OCH3 is 1. The number of nitrogens with zero attached hydrogens (tertiary/aromatic N) is 1. The summed E-state index contributed by atoms with van der Waals surface area (Å²) in [4.78, 5) is 24.4. The molecule has 0 aromatic heterocycles. The van der Waals surface area contributed by atoms with Crippen LogP contribution in [0.25, 0.3) is 0 Å². The first kappa shape index (κ1) is 23.3. The van der Waals surface area contributed by atoms with Crippen molar-refractivity contribution in [3.05, 3.63) is 48.0 Å². The molecule has 1 heterocycles. The van der Waals surface area contributed by atoms with Gasteiger partial charge < -0.3 is 20.1 Å². The maximum Gasteiger partial charge on any atom is 0.387 e. The monoisotopic (exact) mass is 469 g/mol. The molecule has 12 heteroatoms. The Bertz CT molecular complexity index is 1090. The lowest BCUT2D eigenvalue weighted by molar-refractivity contribution is -0.115. The molecule has 172 valence electrons. The van der Waals surface area contributed by atoms with E-state index in [0.717, 1.165) is 0 Å². The van der Waals surface area contributed by atoms with Crippen molar-refractivity contribution in [3.63, 3.8) is 0 Å². The molecule has 1 aliphatic heterocycles. The van der Waals surface area contributed by atoms with E-state index < -0.39 is 28.4 Å². The van der Waals surface area contributed by atoms with Gasteiger partial charge in [0, 0.05) is 17.8 Å². The van der Waals surface area contributed by atoms with E-state index in [4.69, 9.17) is 4.74 Å². The van der Waals surface area contributed by atoms with Crippen LogP contribution in [0.2, 0.25) is 0 Å². The lowest BCUT2D eigenvalue weighted by Gasteiger charge is -2.17. The van der Waals surface area contributed by atoms with Gasteiger partial charge in [0.1, 0.15) is 0 Å². The number of anilines is 2. The highest BCUT2D eigenvalue weighted by molar-refractivity contribution is 7.93. The van der Waals surface area contributed by atoms with Crippen LogP contribution in [0.1, 0.15) is 16.8 Å². The fourth-order valence-corrected chi connectivity index (χ4v) is 4.68. The van der Waals surface area contributed by atoms with Crippen LogP contribution in [0, 0.1) is 0 Å². The van der Waals surface area contributed by atoms with E-state index in [1.807, 2.05) is 0 Å². The summed E-state index contributed by atoms with van der Waals surface area (Å²) in [5.74, 6) is -1.29. The summed E-state index contributed by atoms with van der Waals surface area (Å²) >= 11 is 0. The zero-order chi connectivity index (χ0) is 23.3. The molecule has 0 unspecified atom stereocenters. The van der Waals surface area contributed by atoms with Crippen LogP contribution in [-0.4, -0.2) is 52.8 Å². The van der Waals surface area contributed by atoms with Gasteiger partial charge in [-0.1, -0.05) is 0 Å². The lowest BCUT2D eigenvalue weighted by Crippen LogP contribution is -2.32. The molecule has 0 saturated carbocycles. The van der Waals surface area contributed by atoms with Gasteiger partial charge in [-0.05, 0) is 48.9 Å². The van der Waals surface area contributed by atoms with Crippen molar-refractivity contribution in [2.24, 2.45) is 0 Å². The van der Waals surface area contributed by atoms with Crippen LogP contribution in [0.4, 0.5) is 20.2 Å². The molecule has 1 aliphatic rings. The number of halogens is 2. The first-order valence-corrected chi connectivity index (χ1v) is 11.1. The molecule has 2 N–H and O–H groups in total. The van der Waals surface area contributed by atoms with E-state index in [1.165, 1.54) is 29.6 Å². The van der Waals surface area contributed by atoms with Gasteiger partial charge >= 0.3 is 6.61 Å². The van der Waals surface area contributed by atoms with Crippen molar-refractivity contribution >= 4 is 33.2 Å². The number of carbonyl (C=O) groups is 2. The van der Waals surface area contributed by atoms with E-state index in [1.54, 1.807) is 24.3 Å². The number of carbonyl (C=O) groups excluding carboxylic acids is 2. The molecule has 2 aromatic carbocycles. The van der Waals surface area contributed by atoms with Gasteiger partial charge in [0.25, 0.3) is 5.91 Å². The molecule has 1 saturated heterocycles. The van der Waals surface area contributed by atoms with Crippen molar-refractivity contribution in [1.82, 2.24) is 5.32 Å². The Kier molecular flexibility index (Phi) is 7.13. The molecule has 0 aliphatic carbocycles. The molecular formula is C20H21F2N3O6S. The SMILES string of the molecule is COc1cc(C(=O)NCC(=O)Nc2ccc(N3CCCS3(=O)=O)cc2)ccc1OC(F)F. The standard InChI is InChI=1S/C20H21F2N3O6S/c1-30-17-11-13(3-8-16(17)31-20(21)22)19(27)23-12-18(26)24-14-4-6-15(7-5-14)25-9-2-10-32(25,28)29/h3-8,11,20H,2,9-10,12H2,1H3,(H,23,27)(H,24,26). The summed E-state index contributed by atoms with van der Waals surface area (Å²) in [7, 11) is -2.05. The smallest absolute Gasteiger partial charge is 0.387 e. The minimum absolute atomic E-state index is 0.0532. The maximum absolute atomic E-state index is 12.4. The Hall–Kier alpha value is -3.41. The van der Waals surface area contributed by atoms with Crippen LogP contribution in [0.15, 0.2) is 42.5 Å². The molecule has 0 bridgehead atoms. The van der Waals surface area contributed by atoms with Crippen LogP contribution >= 0.6 is 0 Å². The molecule has 3 rings (SSSR count). The number of amides is 2. The number of sulfonamides is 1. The molecule has 0 atom stereocenters. The van der Waals surface area contributed by atoms with E-state index >= 15 is 0 Å². The normalized spacial score (nSPS) is 14.8. The minimum atomic E-state index is -3.29. The Morgan fingerprint density at radius 1 is 1.12 bits per heavy atom. The van der Waals surface area contributed by atoms with E-state index in [0.29, 0.717) is 24.3 Å². The highest BCUT2D eigenvalue weighted by Crippen LogP contribution is 2.29. The Morgan fingerprint density at radius 3 is 2.44 bits per heavy atom. The largest absolute Gasteiger partial charge is 0.493 e. The number of hydrogen-bond donors (Lipinski definition) is 2. The molecule has 2 amide bonds. The summed E-state index contributed by atoms with van der Waals surface area (Å²) in [5, 5.41) is 5.01. The predicted molar refractivity (Wildman–Crippen MR) is 113 cm³/mol.